The van der Waals surface area contributed by atoms with Crippen LogP contribution in [0.15, 0.2) is 0 Å². The third-order valence-electron chi connectivity index (χ3n) is 4.86. The molecule has 18 heavy (non-hydrogen) atoms. The lowest BCUT2D eigenvalue weighted by Gasteiger charge is -2.33. The highest BCUT2D eigenvalue weighted by atomic mass is 15.3. The zero-order valence-electron chi connectivity index (χ0n) is 11.9. The van der Waals surface area contributed by atoms with Crippen molar-refractivity contribution in [2.75, 3.05) is 32.7 Å². The Morgan fingerprint density at radius 2 is 1.78 bits per heavy atom. The third-order valence-corrected chi connectivity index (χ3v) is 4.86. The van der Waals surface area contributed by atoms with Gasteiger partial charge in [0.25, 0.3) is 0 Å². The quantitative estimate of drug-likeness (QED) is 0.802. The van der Waals surface area contributed by atoms with Gasteiger partial charge >= 0.3 is 0 Å². The van der Waals surface area contributed by atoms with Gasteiger partial charge in [-0.2, -0.15) is 0 Å². The van der Waals surface area contributed by atoms with Crippen LogP contribution < -0.4 is 5.32 Å². The van der Waals surface area contributed by atoms with Crippen molar-refractivity contribution < 1.29 is 0 Å². The van der Waals surface area contributed by atoms with Gasteiger partial charge in [0.15, 0.2) is 0 Å². The van der Waals surface area contributed by atoms with E-state index in [4.69, 9.17) is 0 Å². The summed E-state index contributed by atoms with van der Waals surface area (Å²) in [6, 6.07) is 2.39. The molecule has 0 bridgehead atoms. The van der Waals surface area contributed by atoms with Gasteiger partial charge in [-0.15, -0.1) is 0 Å². The molecule has 0 aromatic heterocycles. The Morgan fingerprint density at radius 1 is 1.00 bits per heavy atom. The maximum atomic E-state index is 3.79. The second-order valence-electron chi connectivity index (χ2n) is 6.63. The van der Waals surface area contributed by atoms with E-state index in [9.17, 15) is 0 Å². The van der Waals surface area contributed by atoms with Crippen LogP contribution in [0.1, 0.15) is 45.4 Å². The van der Waals surface area contributed by atoms with Crippen molar-refractivity contribution in [1.29, 1.82) is 0 Å². The minimum atomic E-state index is 0.745. The van der Waals surface area contributed by atoms with Crippen molar-refractivity contribution in [1.82, 2.24) is 15.1 Å². The molecule has 3 heteroatoms. The van der Waals surface area contributed by atoms with Crippen molar-refractivity contribution in [3.8, 4) is 0 Å². The third kappa shape index (κ3) is 3.46. The molecule has 1 aliphatic carbocycles. The van der Waals surface area contributed by atoms with Crippen molar-refractivity contribution in [3.05, 3.63) is 0 Å². The average Bonchev–Trinajstić information content (AvgIpc) is 3.06. The van der Waals surface area contributed by atoms with Gasteiger partial charge in [0.2, 0.25) is 0 Å². The number of rotatable bonds is 5. The molecule has 0 amide bonds. The molecule has 0 aromatic rings. The number of nitrogens with zero attached hydrogens (tertiary/aromatic N) is 2. The van der Waals surface area contributed by atoms with Gasteiger partial charge in [0, 0.05) is 37.8 Å². The lowest BCUT2D eigenvalue weighted by Crippen LogP contribution is -2.44. The van der Waals surface area contributed by atoms with Gasteiger partial charge in [-0.3, -0.25) is 4.90 Å². The maximum Gasteiger partial charge on any atom is 0.0209 e. The summed E-state index contributed by atoms with van der Waals surface area (Å²) in [5.41, 5.74) is 0. The summed E-state index contributed by atoms with van der Waals surface area (Å²) in [5.74, 6) is 0. The first-order valence-corrected chi connectivity index (χ1v) is 8.04. The molecular formula is C15H29N3. The van der Waals surface area contributed by atoms with E-state index < -0.39 is 0 Å². The van der Waals surface area contributed by atoms with Crippen LogP contribution >= 0.6 is 0 Å². The number of nitrogens with one attached hydrogen (secondary N) is 1. The molecule has 2 unspecified atom stereocenters. The zero-order chi connectivity index (χ0) is 12.4. The van der Waals surface area contributed by atoms with Crippen molar-refractivity contribution in [3.63, 3.8) is 0 Å². The Bertz CT molecular complexity index is 258. The number of piperidine rings is 1. The van der Waals surface area contributed by atoms with Crippen LogP contribution in [-0.2, 0) is 0 Å². The number of hydrogen-bond acceptors (Lipinski definition) is 3. The second kappa shape index (κ2) is 5.89. The van der Waals surface area contributed by atoms with Crippen molar-refractivity contribution in [2.45, 2.75) is 63.6 Å². The highest BCUT2D eigenvalue weighted by molar-refractivity contribution is 4.91. The topological polar surface area (TPSA) is 18.5 Å². The molecule has 3 nitrogen and oxygen atoms in total. The van der Waals surface area contributed by atoms with Crippen LogP contribution in [-0.4, -0.2) is 60.6 Å². The number of likely N-dealkylation sites (tertiary alicyclic amines) is 2. The van der Waals surface area contributed by atoms with E-state index in [1.165, 1.54) is 71.2 Å². The van der Waals surface area contributed by atoms with Crippen LogP contribution in [0, 0.1) is 0 Å². The van der Waals surface area contributed by atoms with E-state index in [0.29, 0.717) is 0 Å². The first-order valence-electron chi connectivity index (χ1n) is 8.04. The van der Waals surface area contributed by atoms with Crippen LogP contribution in [0.5, 0.6) is 0 Å². The summed E-state index contributed by atoms with van der Waals surface area (Å²) in [6.45, 7) is 8.97. The predicted molar refractivity (Wildman–Crippen MR) is 75.9 cm³/mol. The molecule has 3 rings (SSSR count). The molecule has 3 fully saturated rings. The molecule has 0 radical (unpaired) electrons. The SMILES string of the molecule is CC(CN1CCCCC1)N1CCC(NC2CC2)C1. The van der Waals surface area contributed by atoms with E-state index in [1.807, 2.05) is 0 Å². The molecule has 2 saturated heterocycles. The first-order chi connectivity index (χ1) is 8.81. The molecule has 2 atom stereocenters. The highest BCUT2D eigenvalue weighted by Gasteiger charge is 2.31. The van der Waals surface area contributed by atoms with Gasteiger partial charge in [-0.05, 0) is 52.1 Å². The summed E-state index contributed by atoms with van der Waals surface area (Å²) in [5, 5.41) is 3.79. The average molecular weight is 251 g/mol. The summed E-state index contributed by atoms with van der Waals surface area (Å²) in [4.78, 5) is 5.38. The normalized spacial score (nSPS) is 32.8. The molecule has 0 spiro atoms. The molecule has 1 saturated carbocycles. The molecule has 0 aromatic carbocycles. The van der Waals surface area contributed by atoms with Gasteiger partial charge in [0.1, 0.15) is 0 Å². The molecule has 2 heterocycles. The highest BCUT2D eigenvalue weighted by Crippen LogP contribution is 2.23. The van der Waals surface area contributed by atoms with E-state index in [0.717, 1.165) is 18.1 Å². The van der Waals surface area contributed by atoms with E-state index in [-0.39, 0.29) is 0 Å². The van der Waals surface area contributed by atoms with Crippen molar-refractivity contribution >= 4 is 0 Å². The molecule has 2 aliphatic heterocycles. The summed E-state index contributed by atoms with van der Waals surface area (Å²) in [6.07, 6.45) is 8.47. The van der Waals surface area contributed by atoms with E-state index in [1.54, 1.807) is 0 Å². The fourth-order valence-electron chi connectivity index (χ4n) is 3.54. The zero-order valence-corrected chi connectivity index (χ0v) is 11.9. The Labute approximate surface area is 112 Å². The molecule has 1 N–H and O–H groups in total. The second-order valence-corrected chi connectivity index (χ2v) is 6.63. The van der Waals surface area contributed by atoms with Crippen LogP contribution in [0.25, 0.3) is 0 Å². The minimum absolute atomic E-state index is 0.745. The van der Waals surface area contributed by atoms with Crippen LogP contribution in [0.4, 0.5) is 0 Å². The van der Waals surface area contributed by atoms with Crippen molar-refractivity contribution in [2.24, 2.45) is 0 Å². The fourth-order valence-corrected chi connectivity index (χ4v) is 3.54. The largest absolute Gasteiger partial charge is 0.310 e. The standard InChI is InChI=1S/C15H29N3/c1-13(11-17-8-3-2-4-9-17)18-10-7-15(12-18)16-14-5-6-14/h13-16H,2-12H2,1H3. The van der Waals surface area contributed by atoms with Gasteiger partial charge < -0.3 is 10.2 Å². The smallest absolute Gasteiger partial charge is 0.0209 e. The lowest BCUT2D eigenvalue weighted by molar-refractivity contribution is 0.151. The fraction of sp³-hybridized carbons (Fsp3) is 1.00. The molecular weight excluding hydrogens is 222 g/mol. The summed E-state index contributed by atoms with van der Waals surface area (Å²) >= 11 is 0. The Hall–Kier alpha value is -0.120. The predicted octanol–water partition coefficient (Wildman–Crippen LogP) is 1.69. The van der Waals surface area contributed by atoms with Gasteiger partial charge in [-0.1, -0.05) is 6.42 Å². The Morgan fingerprint density at radius 3 is 2.50 bits per heavy atom. The number of hydrogen-bond donors (Lipinski definition) is 1. The first kappa shape index (κ1) is 12.9. The Balaban J connectivity index is 1.40. The summed E-state index contributed by atoms with van der Waals surface area (Å²) in [7, 11) is 0. The maximum absolute atomic E-state index is 3.79. The van der Waals surface area contributed by atoms with E-state index in [2.05, 4.69) is 22.0 Å². The van der Waals surface area contributed by atoms with Gasteiger partial charge in [-0.25, -0.2) is 0 Å². The monoisotopic (exact) mass is 251 g/mol. The van der Waals surface area contributed by atoms with Crippen LogP contribution in [0.2, 0.25) is 0 Å². The summed E-state index contributed by atoms with van der Waals surface area (Å²) < 4.78 is 0. The van der Waals surface area contributed by atoms with Crippen LogP contribution in [0.3, 0.4) is 0 Å². The molecule has 3 aliphatic rings. The Kier molecular flexibility index (Phi) is 4.22. The van der Waals surface area contributed by atoms with E-state index >= 15 is 0 Å². The lowest BCUT2D eigenvalue weighted by atomic mass is 10.1. The minimum Gasteiger partial charge on any atom is -0.310 e. The molecule has 104 valence electrons. The van der Waals surface area contributed by atoms with Gasteiger partial charge in [0.05, 0.1) is 0 Å².